The van der Waals surface area contributed by atoms with Crippen LogP contribution in [0.1, 0.15) is 11.1 Å². The van der Waals surface area contributed by atoms with Gasteiger partial charge in [0.05, 0.1) is 11.0 Å². The predicted octanol–water partition coefficient (Wildman–Crippen LogP) is 3.99. The number of aryl methyl sites for hydroxylation is 2. The third-order valence-corrected chi connectivity index (χ3v) is 3.07. The summed E-state index contributed by atoms with van der Waals surface area (Å²) in [6.07, 6.45) is 0. The van der Waals surface area contributed by atoms with Gasteiger partial charge in [-0.1, -0.05) is 6.07 Å². The van der Waals surface area contributed by atoms with Crippen molar-refractivity contribution in [2.45, 2.75) is 13.8 Å². The fraction of sp³-hybridized carbons (Fsp3) is 0.133. The van der Waals surface area contributed by atoms with Crippen molar-refractivity contribution < 1.29 is 4.39 Å². The van der Waals surface area contributed by atoms with Crippen molar-refractivity contribution >= 4 is 11.0 Å². The van der Waals surface area contributed by atoms with Crippen LogP contribution < -0.4 is 0 Å². The lowest BCUT2D eigenvalue weighted by molar-refractivity contribution is 0.618. The second kappa shape index (κ2) is 3.95. The van der Waals surface area contributed by atoms with Crippen LogP contribution in [0.25, 0.3) is 22.4 Å². The normalized spacial score (nSPS) is 11.1. The summed E-state index contributed by atoms with van der Waals surface area (Å²) in [4.78, 5) is 7.78. The van der Waals surface area contributed by atoms with Crippen LogP contribution in [0.15, 0.2) is 36.4 Å². The molecule has 0 aliphatic rings. The molecule has 0 bridgehead atoms. The number of nitrogens with one attached hydrogen (secondary N) is 1. The molecule has 2 aromatic carbocycles. The zero-order valence-corrected chi connectivity index (χ0v) is 10.3. The molecule has 1 aromatic heterocycles. The summed E-state index contributed by atoms with van der Waals surface area (Å²) in [7, 11) is 0. The zero-order valence-electron chi connectivity index (χ0n) is 10.3. The van der Waals surface area contributed by atoms with E-state index in [1.807, 2.05) is 19.1 Å². The van der Waals surface area contributed by atoms with E-state index in [0.717, 1.165) is 22.4 Å². The van der Waals surface area contributed by atoms with Gasteiger partial charge >= 0.3 is 0 Å². The molecule has 0 unspecified atom stereocenters. The van der Waals surface area contributed by atoms with Gasteiger partial charge in [-0.3, -0.25) is 0 Å². The van der Waals surface area contributed by atoms with Gasteiger partial charge in [-0.2, -0.15) is 0 Å². The van der Waals surface area contributed by atoms with Crippen LogP contribution in [0.3, 0.4) is 0 Å². The number of hydrogen-bond donors (Lipinski definition) is 1. The van der Waals surface area contributed by atoms with E-state index in [1.54, 1.807) is 19.1 Å². The van der Waals surface area contributed by atoms with E-state index >= 15 is 0 Å². The second-order valence-corrected chi connectivity index (χ2v) is 4.57. The zero-order chi connectivity index (χ0) is 12.7. The molecule has 3 heteroatoms. The Hall–Kier alpha value is -2.16. The van der Waals surface area contributed by atoms with Crippen molar-refractivity contribution in [2.24, 2.45) is 0 Å². The molecule has 0 fully saturated rings. The fourth-order valence-corrected chi connectivity index (χ4v) is 2.05. The molecular formula is C15H13FN2. The van der Waals surface area contributed by atoms with Crippen LogP contribution in [0.2, 0.25) is 0 Å². The Morgan fingerprint density at radius 3 is 2.67 bits per heavy atom. The molecule has 0 spiro atoms. The maximum absolute atomic E-state index is 13.2. The summed E-state index contributed by atoms with van der Waals surface area (Å²) < 4.78 is 13.2. The lowest BCUT2D eigenvalue weighted by atomic mass is 10.1. The Morgan fingerprint density at radius 1 is 1.06 bits per heavy atom. The van der Waals surface area contributed by atoms with Gasteiger partial charge in [-0.25, -0.2) is 9.37 Å². The molecule has 3 aromatic rings. The largest absolute Gasteiger partial charge is 0.338 e. The number of H-pyrrole nitrogens is 1. The molecule has 0 atom stereocenters. The highest BCUT2D eigenvalue weighted by Gasteiger charge is 2.07. The first-order valence-electron chi connectivity index (χ1n) is 5.86. The van der Waals surface area contributed by atoms with E-state index < -0.39 is 0 Å². The Bertz CT molecular complexity index is 728. The van der Waals surface area contributed by atoms with E-state index in [1.165, 1.54) is 11.6 Å². The van der Waals surface area contributed by atoms with Gasteiger partial charge in [0, 0.05) is 5.56 Å². The SMILES string of the molecule is Cc1ccc2nc(-c3ccc(F)c(C)c3)[nH]c2c1. The van der Waals surface area contributed by atoms with E-state index in [2.05, 4.69) is 16.0 Å². The highest BCUT2D eigenvalue weighted by atomic mass is 19.1. The first-order chi connectivity index (χ1) is 8.63. The summed E-state index contributed by atoms with van der Waals surface area (Å²) >= 11 is 0. The highest BCUT2D eigenvalue weighted by Crippen LogP contribution is 2.22. The number of rotatable bonds is 1. The van der Waals surface area contributed by atoms with Gasteiger partial charge in [0.2, 0.25) is 0 Å². The number of fused-ring (bicyclic) bond motifs is 1. The number of imidazole rings is 1. The van der Waals surface area contributed by atoms with E-state index in [9.17, 15) is 4.39 Å². The molecule has 0 aliphatic heterocycles. The predicted molar refractivity (Wildman–Crippen MR) is 71.0 cm³/mol. The molecule has 18 heavy (non-hydrogen) atoms. The minimum Gasteiger partial charge on any atom is -0.338 e. The number of halogens is 1. The van der Waals surface area contributed by atoms with Crippen molar-refractivity contribution in [3.63, 3.8) is 0 Å². The van der Waals surface area contributed by atoms with E-state index in [4.69, 9.17) is 0 Å². The maximum atomic E-state index is 13.2. The minimum atomic E-state index is -0.189. The number of aromatic amines is 1. The summed E-state index contributed by atoms with van der Waals surface area (Å²) in [5.74, 6) is 0.587. The van der Waals surface area contributed by atoms with E-state index in [0.29, 0.717) is 5.56 Å². The number of benzene rings is 2. The third-order valence-electron chi connectivity index (χ3n) is 3.07. The average molecular weight is 240 g/mol. The molecule has 0 saturated heterocycles. The number of nitrogens with zero attached hydrogens (tertiary/aromatic N) is 1. The molecule has 3 rings (SSSR count). The molecule has 0 saturated carbocycles. The molecule has 0 aliphatic carbocycles. The van der Waals surface area contributed by atoms with Gasteiger partial charge in [0.1, 0.15) is 11.6 Å². The monoisotopic (exact) mass is 240 g/mol. The summed E-state index contributed by atoms with van der Waals surface area (Å²) in [5.41, 5.74) is 4.66. The van der Waals surface area contributed by atoms with Gasteiger partial charge < -0.3 is 4.98 Å². The van der Waals surface area contributed by atoms with Crippen molar-refractivity contribution in [3.05, 3.63) is 53.3 Å². The summed E-state index contributed by atoms with van der Waals surface area (Å²) in [6, 6.07) is 11.1. The smallest absolute Gasteiger partial charge is 0.138 e. The van der Waals surface area contributed by atoms with Gasteiger partial charge in [-0.05, 0) is 55.3 Å². The van der Waals surface area contributed by atoms with E-state index in [-0.39, 0.29) is 5.82 Å². The Kier molecular flexibility index (Phi) is 2.40. The van der Waals surface area contributed by atoms with Crippen molar-refractivity contribution in [1.82, 2.24) is 9.97 Å². The maximum Gasteiger partial charge on any atom is 0.138 e. The van der Waals surface area contributed by atoms with Crippen molar-refractivity contribution in [2.75, 3.05) is 0 Å². The van der Waals surface area contributed by atoms with Crippen molar-refractivity contribution in [1.29, 1.82) is 0 Å². The lowest BCUT2D eigenvalue weighted by Gasteiger charge is -1.99. The summed E-state index contributed by atoms with van der Waals surface area (Å²) in [5, 5.41) is 0. The number of hydrogen-bond acceptors (Lipinski definition) is 1. The fourth-order valence-electron chi connectivity index (χ4n) is 2.05. The molecule has 2 nitrogen and oxygen atoms in total. The average Bonchev–Trinajstić information content (AvgIpc) is 2.75. The van der Waals surface area contributed by atoms with Crippen LogP contribution >= 0.6 is 0 Å². The van der Waals surface area contributed by atoms with Crippen LogP contribution in [0.4, 0.5) is 4.39 Å². The Morgan fingerprint density at radius 2 is 1.89 bits per heavy atom. The minimum absolute atomic E-state index is 0.189. The van der Waals surface area contributed by atoms with Crippen LogP contribution in [0.5, 0.6) is 0 Å². The molecule has 1 N–H and O–H groups in total. The lowest BCUT2D eigenvalue weighted by Crippen LogP contribution is -1.85. The van der Waals surface area contributed by atoms with Crippen LogP contribution in [-0.2, 0) is 0 Å². The molecule has 0 radical (unpaired) electrons. The van der Waals surface area contributed by atoms with Gasteiger partial charge in [0.25, 0.3) is 0 Å². The molecule has 1 heterocycles. The standard InChI is InChI=1S/C15H13FN2/c1-9-3-6-13-14(7-9)18-15(17-13)11-4-5-12(16)10(2)8-11/h3-8H,1-2H3,(H,17,18). The Balaban J connectivity index is 2.16. The quantitative estimate of drug-likeness (QED) is 0.684. The topological polar surface area (TPSA) is 28.7 Å². The van der Waals surface area contributed by atoms with Gasteiger partial charge in [-0.15, -0.1) is 0 Å². The first kappa shape index (κ1) is 11.0. The van der Waals surface area contributed by atoms with Crippen molar-refractivity contribution in [3.8, 4) is 11.4 Å². The number of aromatic nitrogens is 2. The Labute approximate surface area is 104 Å². The third kappa shape index (κ3) is 1.78. The first-order valence-corrected chi connectivity index (χ1v) is 5.86. The van der Waals surface area contributed by atoms with Crippen LogP contribution in [-0.4, -0.2) is 9.97 Å². The molecule has 0 amide bonds. The second-order valence-electron chi connectivity index (χ2n) is 4.57. The molecular weight excluding hydrogens is 227 g/mol. The van der Waals surface area contributed by atoms with Gasteiger partial charge in [0.15, 0.2) is 0 Å². The summed E-state index contributed by atoms with van der Waals surface area (Å²) in [6.45, 7) is 3.80. The van der Waals surface area contributed by atoms with Crippen LogP contribution in [0, 0.1) is 19.7 Å². The highest BCUT2D eigenvalue weighted by molar-refractivity contribution is 5.80. The molecule has 90 valence electrons.